The lowest BCUT2D eigenvalue weighted by molar-refractivity contribution is -0.139. The van der Waals surface area contributed by atoms with Crippen molar-refractivity contribution < 1.29 is 14.7 Å². The van der Waals surface area contributed by atoms with Crippen molar-refractivity contribution in [3.63, 3.8) is 0 Å². The zero-order chi connectivity index (χ0) is 12.7. The second-order valence-electron chi connectivity index (χ2n) is 3.32. The number of carbonyl (C=O) groups excluding carboxylic acids is 1. The minimum atomic E-state index is -1.02. The number of nitrogens with one attached hydrogen (secondary N) is 1. The lowest BCUT2D eigenvalue weighted by Crippen LogP contribution is -2.37. The quantitative estimate of drug-likeness (QED) is 0.656. The summed E-state index contributed by atoms with van der Waals surface area (Å²) < 4.78 is 2.00. The molecule has 0 fully saturated rings. The van der Waals surface area contributed by atoms with E-state index >= 15 is 0 Å². The van der Waals surface area contributed by atoms with Gasteiger partial charge in [-0.05, 0) is 6.92 Å². The predicted molar refractivity (Wildman–Crippen MR) is 64.7 cm³/mol. The van der Waals surface area contributed by atoms with E-state index in [-0.39, 0.29) is 0 Å². The normalized spacial score (nSPS) is 12.1. The zero-order valence-corrected chi connectivity index (χ0v) is 10.3. The highest BCUT2D eigenvalue weighted by atomic mass is 32.2. The molecule has 1 atom stereocenters. The third-order valence-electron chi connectivity index (χ3n) is 2.23. The number of hydrogen-bond donors (Lipinski definition) is 2. The molecule has 2 N–H and O–H groups in total. The summed E-state index contributed by atoms with van der Waals surface area (Å²) in [6.45, 7) is 2.86. The molecular weight excluding hydrogens is 242 g/mol. The number of thioether (sulfide) groups is 1. The van der Waals surface area contributed by atoms with E-state index in [1.54, 1.807) is 6.20 Å². The molecule has 17 heavy (non-hydrogen) atoms. The SMILES string of the molecule is CCn1ccnc1CSCC(NC=O)C(=O)O. The van der Waals surface area contributed by atoms with E-state index in [4.69, 9.17) is 5.11 Å². The monoisotopic (exact) mass is 257 g/mol. The van der Waals surface area contributed by atoms with Gasteiger partial charge in [-0.3, -0.25) is 4.79 Å². The molecule has 7 heteroatoms. The second kappa shape index (κ2) is 6.95. The first-order valence-corrected chi connectivity index (χ1v) is 6.34. The Morgan fingerprint density at radius 1 is 1.76 bits per heavy atom. The number of hydrogen-bond acceptors (Lipinski definition) is 4. The molecule has 0 aromatic carbocycles. The van der Waals surface area contributed by atoms with E-state index in [0.717, 1.165) is 12.4 Å². The van der Waals surface area contributed by atoms with Crippen LogP contribution in [0.15, 0.2) is 12.4 Å². The Balaban J connectivity index is 2.40. The van der Waals surface area contributed by atoms with Gasteiger partial charge in [0.1, 0.15) is 11.9 Å². The van der Waals surface area contributed by atoms with Gasteiger partial charge < -0.3 is 15.0 Å². The first-order chi connectivity index (χ1) is 8.19. The summed E-state index contributed by atoms with van der Waals surface area (Å²) in [7, 11) is 0. The number of carboxylic acid groups (broad SMARTS) is 1. The molecule has 6 nitrogen and oxygen atoms in total. The summed E-state index contributed by atoms with van der Waals surface area (Å²) in [5, 5.41) is 11.1. The fourth-order valence-electron chi connectivity index (χ4n) is 1.31. The van der Waals surface area contributed by atoms with Crippen LogP contribution in [0.3, 0.4) is 0 Å². The number of amides is 1. The molecule has 1 amide bonds. The Morgan fingerprint density at radius 2 is 2.53 bits per heavy atom. The third-order valence-corrected chi connectivity index (χ3v) is 3.26. The van der Waals surface area contributed by atoms with Gasteiger partial charge in [-0.1, -0.05) is 0 Å². The minimum Gasteiger partial charge on any atom is -0.480 e. The van der Waals surface area contributed by atoms with Crippen LogP contribution in [0.2, 0.25) is 0 Å². The minimum absolute atomic E-state index is 0.324. The van der Waals surface area contributed by atoms with Crippen LogP contribution in [-0.4, -0.2) is 38.8 Å². The molecule has 0 aliphatic carbocycles. The number of aryl methyl sites for hydroxylation is 1. The van der Waals surface area contributed by atoms with Gasteiger partial charge in [0.2, 0.25) is 6.41 Å². The second-order valence-corrected chi connectivity index (χ2v) is 4.35. The van der Waals surface area contributed by atoms with Crippen LogP contribution in [0.5, 0.6) is 0 Å². The number of aromatic nitrogens is 2. The molecule has 94 valence electrons. The first-order valence-electron chi connectivity index (χ1n) is 5.19. The van der Waals surface area contributed by atoms with Crippen molar-refractivity contribution in [1.82, 2.24) is 14.9 Å². The van der Waals surface area contributed by atoms with Gasteiger partial charge in [0.15, 0.2) is 0 Å². The van der Waals surface area contributed by atoms with Gasteiger partial charge in [0, 0.05) is 24.7 Å². The molecule has 1 rings (SSSR count). The van der Waals surface area contributed by atoms with Gasteiger partial charge in [0.05, 0.1) is 5.75 Å². The van der Waals surface area contributed by atoms with Gasteiger partial charge >= 0.3 is 5.97 Å². The standard InChI is InChI=1S/C10H15N3O3S/c1-2-13-4-3-11-9(13)6-17-5-8(10(15)16)12-7-14/h3-4,7-8H,2,5-6H2,1H3,(H,12,14)(H,15,16). The maximum absolute atomic E-state index is 10.7. The number of nitrogens with zero attached hydrogens (tertiary/aromatic N) is 2. The molecular formula is C10H15N3O3S. The third kappa shape index (κ3) is 4.10. The fraction of sp³-hybridized carbons (Fsp3) is 0.500. The predicted octanol–water partition coefficient (Wildman–Crippen LogP) is 0.335. The molecule has 1 aromatic rings. The van der Waals surface area contributed by atoms with Crippen molar-refractivity contribution in [3.8, 4) is 0 Å². The van der Waals surface area contributed by atoms with E-state index < -0.39 is 12.0 Å². The van der Waals surface area contributed by atoms with E-state index in [9.17, 15) is 9.59 Å². The molecule has 1 heterocycles. The maximum Gasteiger partial charge on any atom is 0.327 e. The molecule has 0 saturated carbocycles. The molecule has 0 bridgehead atoms. The van der Waals surface area contributed by atoms with Crippen molar-refractivity contribution in [2.24, 2.45) is 0 Å². The lowest BCUT2D eigenvalue weighted by atomic mass is 10.3. The topological polar surface area (TPSA) is 84.2 Å². The van der Waals surface area contributed by atoms with Crippen molar-refractivity contribution >= 4 is 24.1 Å². The Labute approximate surface area is 103 Å². The Kier molecular flexibility index (Phi) is 5.55. The Bertz CT molecular complexity index is 381. The van der Waals surface area contributed by atoms with E-state index in [2.05, 4.69) is 10.3 Å². The summed E-state index contributed by atoms with van der Waals surface area (Å²) in [4.78, 5) is 25.1. The van der Waals surface area contributed by atoms with E-state index in [1.807, 2.05) is 17.7 Å². The number of carbonyl (C=O) groups is 2. The largest absolute Gasteiger partial charge is 0.480 e. The van der Waals surface area contributed by atoms with E-state index in [1.165, 1.54) is 11.8 Å². The van der Waals surface area contributed by atoms with Crippen LogP contribution >= 0.6 is 11.8 Å². The summed E-state index contributed by atoms with van der Waals surface area (Å²) in [6.07, 6.45) is 4.01. The van der Waals surface area contributed by atoms with Crippen LogP contribution in [0.1, 0.15) is 12.7 Å². The molecule has 0 spiro atoms. The summed E-state index contributed by atoms with van der Waals surface area (Å²) >= 11 is 1.43. The molecule has 0 saturated heterocycles. The molecule has 1 aromatic heterocycles. The average molecular weight is 257 g/mol. The fourth-order valence-corrected chi connectivity index (χ4v) is 2.32. The summed E-state index contributed by atoms with van der Waals surface area (Å²) in [6, 6.07) is -0.845. The molecule has 0 aliphatic heterocycles. The first kappa shape index (κ1) is 13.6. The smallest absolute Gasteiger partial charge is 0.327 e. The van der Waals surface area contributed by atoms with Crippen molar-refractivity contribution in [2.75, 3.05) is 5.75 Å². The number of aliphatic carboxylic acids is 1. The lowest BCUT2D eigenvalue weighted by Gasteiger charge is -2.10. The van der Waals surface area contributed by atoms with Crippen LogP contribution in [0.25, 0.3) is 0 Å². The molecule has 0 aliphatic rings. The van der Waals surface area contributed by atoms with Crippen LogP contribution in [0, 0.1) is 0 Å². The Hall–Kier alpha value is -1.50. The molecule has 0 radical (unpaired) electrons. The highest BCUT2D eigenvalue weighted by Crippen LogP contribution is 2.11. The van der Waals surface area contributed by atoms with Crippen molar-refractivity contribution in [1.29, 1.82) is 0 Å². The highest BCUT2D eigenvalue weighted by molar-refractivity contribution is 7.98. The van der Waals surface area contributed by atoms with Crippen molar-refractivity contribution in [2.45, 2.75) is 25.3 Å². The number of carboxylic acids is 1. The summed E-state index contributed by atoms with van der Waals surface area (Å²) in [5.74, 6) is 0.840. The van der Waals surface area contributed by atoms with Gasteiger partial charge in [0.25, 0.3) is 0 Å². The van der Waals surface area contributed by atoms with Gasteiger partial charge in [-0.2, -0.15) is 11.8 Å². The maximum atomic E-state index is 10.7. The van der Waals surface area contributed by atoms with Gasteiger partial charge in [-0.15, -0.1) is 0 Å². The van der Waals surface area contributed by atoms with E-state index in [0.29, 0.717) is 17.9 Å². The Morgan fingerprint density at radius 3 is 3.12 bits per heavy atom. The number of rotatable bonds is 8. The molecule has 1 unspecified atom stereocenters. The highest BCUT2D eigenvalue weighted by Gasteiger charge is 2.16. The van der Waals surface area contributed by atoms with Crippen LogP contribution in [0.4, 0.5) is 0 Å². The average Bonchev–Trinajstić information content (AvgIpc) is 2.75. The summed E-state index contributed by atoms with van der Waals surface area (Å²) in [5.41, 5.74) is 0. The number of imidazole rings is 1. The van der Waals surface area contributed by atoms with Gasteiger partial charge in [-0.25, -0.2) is 9.78 Å². The van der Waals surface area contributed by atoms with Crippen LogP contribution in [-0.2, 0) is 21.9 Å². The van der Waals surface area contributed by atoms with Crippen molar-refractivity contribution in [3.05, 3.63) is 18.2 Å². The van der Waals surface area contributed by atoms with Crippen LogP contribution < -0.4 is 5.32 Å². The zero-order valence-electron chi connectivity index (χ0n) is 9.50.